The van der Waals surface area contributed by atoms with Crippen molar-refractivity contribution in [1.29, 1.82) is 0 Å². The van der Waals surface area contributed by atoms with Crippen molar-refractivity contribution < 1.29 is 19.5 Å². The summed E-state index contributed by atoms with van der Waals surface area (Å²) < 4.78 is 0. The molecule has 2 bridgehead atoms. The van der Waals surface area contributed by atoms with Crippen LogP contribution in [-0.4, -0.2) is 34.3 Å². The quantitative estimate of drug-likeness (QED) is 0.753. The van der Waals surface area contributed by atoms with Crippen molar-refractivity contribution in [2.45, 2.75) is 32.1 Å². The summed E-state index contributed by atoms with van der Waals surface area (Å²) in [5, 5.41) is 8.59. The summed E-state index contributed by atoms with van der Waals surface area (Å²) in [4.78, 5) is 36.2. The Labute approximate surface area is 105 Å². The fraction of sp³-hybridized carbons (Fsp3) is 0.769. The van der Waals surface area contributed by atoms with Gasteiger partial charge in [-0.25, -0.2) is 0 Å². The zero-order chi connectivity index (χ0) is 12.9. The van der Waals surface area contributed by atoms with Gasteiger partial charge in [0.1, 0.15) is 0 Å². The molecule has 2 amide bonds. The van der Waals surface area contributed by atoms with E-state index in [4.69, 9.17) is 5.11 Å². The summed E-state index contributed by atoms with van der Waals surface area (Å²) in [7, 11) is 0. The largest absolute Gasteiger partial charge is 0.481 e. The number of nitrogens with zero attached hydrogens (tertiary/aromatic N) is 1. The molecule has 3 fully saturated rings. The third kappa shape index (κ3) is 1.56. The van der Waals surface area contributed by atoms with Gasteiger partial charge in [0.25, 0.3) is 0 Å². The van der Waals surface area contributed by atoms with E-state index in [1.165, 1.54) is 4.90 Å². The summed E-state index contributed by atoms with van der Waals surface area (Å²) in [5.74, 6) is -0.316. The van der Waals surface area contributed by atoms with Crippen LogP contribution in [0.3, 0.4) is 0 Å². The van der Waals surface area contributed by atoms with Gasteiger partial charge in [0.15, 0.2) is 0 Å². The first-order valence-electron chi connectivity index (χ1n) is 6.66. The Morgan fingerprint density at radius 1 is 1.17 bits per heavy atom. The van der Waals surface area contributed by atoms with Gasteiger partial charge >= 0.3 is 5.97 Å². The predicted molar refractivity (Wildman–Crippen MR) is 61.4 cm³/mol. The molecular weight excluding hydrogens is 234 g/mol. The lowest BCUT2D eigenvalue weighted by Gasteiger charge is -2.19. The van der Waals surface area contributed by atoms with E-state index >= 15 is 0 Å². The first-order chi connectivity index (χ1) is 8.59. The smallest absolute Gasteiger partial charge is 0.303 e. The van der Waals surface area contributed by atoms with Crippen LogP contribution in [0.1, 0.15) is 32.1 Å². The zero-order valence-corrected chi connectivity index (χ0v) is 10.2. The lowest BCUT2D eigenvalue weighted by atomic mass is 9.81. The van der Waals surface area contributed by atoms with E-state index < -0.39 is 5.97 Å². The number of aliphatic carboxylic acids is 1. The molecule has 2 aliphatic carbocycles. The minimum atomic E-state index is -0.880. The van der Waals surface area contributed by atoms with Gasteiger partial charge in [-0.2, -0.15) is 0 Å². The molecule has 5 nitrogen and oxygen atoms in total. The van der Waals surface area contributed by atoms with E-state index in [0.29, 0.717) is 18.3 Å². The Morgan fingerprint density at radius 3 is 2.22 bits per heavy atom. The van der Waals surface area contributed by atoms with Crippen molar-refractivity contribution in [3.63, 3.8) is 0 Å². The minimum Gasteiger partial charge on any atom is -0.481 e. The molecule has 0 spiro atoms. The van der Waals surface area contributed by atoms with Crippen molar-refractivity contribution in [1.82, 2.24) is 4.90 Å². The molecule has 4 atom stereocenters. The highest BCUT2D eigenvalue weighted by atomic mass is 16.4. The minimum absolute atomic E-state index is 0.0131. The van der Waals surface area contributed by atoms with E-state index in [-0.39, 0.29) is 36.6 Å². The van der Waals surface area contributed by atoms with Crippen molar-refractivity contribution in [2.24, 2.45) is 23.7 Å². The average Bonchev–Trinajstić information content (AvgIpc) is 2.97. The summed E-state index contributed by atoms with van der Waals surface area (Å²) in [6.45, 7) is 0.274. The third-order valence-electron chi connectivity index (χ3n) is 4.79. The van der Waals surface area contributed by atoms with Crippen LogP contribution in [-0.2, 0) is 14.4 Å². The number of carboxylic acids is 1. The molecule has 3 rings (SSSR count). The molecule has 0 aromatic carbocycles. The number of hydrogen-bond donors (Lipinski definition) is 1. The van der Waals surface area contributed by atoms with Crippen molar-refractivity contribution >= 4 is 17.8 Å². The van der Waals surface area contributed by atoms with Gasteiger partial charge in [-0.05, 0) is 37.5 Å². The maximum absolute atomic E-state index is 12.2. The molecule has 1 heterocycles. The van der Waals surface area contributed by atoms with Gasteiger partial charge in [-0.1, -0.05) is 0 Å². The second-order valence-corrected chi connectivity index (χ2v) is 5.71. The van der Waals surface area contributed by atoms with Crippen molar-refractivity contribution in [2.75, 3.05) is 6.54 Å². The molecular formula is C13H17NO4. The van der Waals surface area contributed by atoms with Gasteiger partial charge in [-0.3, -0.25) is 19.3 Å². The molecule has 18 heavy (non-hydrogen) atoms. The first kappa shape index (κ1) is 11.7. The molecule has 0 unspecified atom stereocenters. The van der Waals surface area contributed by atoms with E-state index in [1.807, 2.05) is 0 Å². The second kappa shape index (κ2) is 4.07. The highest BCUT2D eigenvalue weighted by Crippen LogP contribution is 2.56. The zero-order valence-electron chi connectivity index (χ0n) is 10.2. The summed E-state index contributed by atoms with van der Waals surface area (Å²) >= 11 is 0. The standard InChI is InChI=1S/C13H17NO4/c15-9(16)2-1-5-14-12(17)10-7-3-4-8(6-7)11(10)13(14)18/h7-8,10-11H,1-6H2,(H,15,16)/t7-,8+,10-,11-/m1/s1. The van der Waals surface area contributed by atoms with Crippen LogP contribution in [0.2, 0.25) is 0 Å². The maximum atomic E-state index is 12.2. The number of imide groups is 1. The SMILES string of the molecule is O=C(O)CCCN1C(=O)[C@@H]2[C@@H]3CC[C@@H](C3)[C@H]2C1=O. The summed E-state index contributed by atoms with van der Waals surface area (Å²) in [5.41, 5.74) is 0. The molecule has 0 aromatic heterocycles. The Hall–Kier alpha value is -1.39. The number of rotatable bonds is 4. The molecule has 1 N–H and O–H groups in total. The molecule has 1 saturated heterocycles. The number of amides is 2. The van der Waals surface area contributed by atoms with Crippen molar-refractivity contribution in [3.05, 3.63) is 0 Å². The van der Waals surface area contributed by atoms with Gasteiger partial charge in [0.05, 0.1) is 11.8 Å². The maximum Gasteiger partial charge on any atom is 0.303 e. The van der Waals surface area contributed by atoms with Gasteiger partial charge in [0.2, 0.25) is 11.8 Å². The lowest BCUT2D eigenvalue weighted by molar-refractivity contribution is -0.142. The van der Waals surface area contributed by atoms with Crippen LogP contribution in [0.5, 0.6) is 0 Å². The normalized spacial score (nSPS) is 37.4. The lowest BCUT2D eigenvalue weighted by Crippen LogP contribution is -2.33. The molecule has 1 aliphatic heterocycles. The number of hydrogen-bond acceptors (Lipinski definition) is 3. The number of carbonyl (C=O) groups is 3. The van der Waals surface area contributed by atoms with Gasteiger partial charge in [-0.15, -0.1) is 0 Å². The van der Waals surface area contributed by atoms with Gasteiger partial charge in [0, 0.05) is 13.0 Å². The number of likely N-dealkylation sites (tertiary alicyclic amines) is 1. The van der Waals surface area contributed by atoms with Crippen LogP contribution >= 0.6 is 0 Å². The average molecular weight is 251 g/mol. The van der Waals surface area contributed by atoms with E-state index in [9.17, 15) is 14.4 Å². The Kier molecular flexibility index (Phi) is 2.64. The topological polar surface area (TPSA) is 74.7 Å². The number of carboxylic acid groups (broad SMARTS) is 1. The molecule has 5 heteroatoms. The van der Waals surface area contributed by atoms with Crippen LogP contribution in [0.25, 0.3) is 0 Å². The summed E-state index contributed by atoms with van der Waals surface area (Å²) in [6.07, 6.45) is 3.57. The fourth-order valence-corrected chi connectivity index (χ4v) is 4.08. The third-order valence-corrected chi connectivity index (χ3v) is 4.79. The van der Waals surface area contributed by atoms with E-state index in [2.05, 4.69) is 0 Å². The molecule has 0 aromatic rings. The van der Waals surface area contributed by atoms with Crippen LogP contribution in [0.4, 0.5) is 0 Å². The Bertz CT molecular complexity index is 391. The monoisotopic (exact) mass is 251 g/mol. The van der Waals surface area contributed by atoms with E-state index in [0.717, 1.165) is 19.3 Å². The van der Waals surface area contributed by atoms with Crippen LogP contribution in [0.15, 0.2) is 0 Å². The number of carbonyl (C=O) groups excluding carboxylic acids is 2. The van der Waals surface area contributed by atoms with Crippen LogP contribution in [0, 0.1) is 23.7 Å². The predicted octanol–water partition coefficient (Wildman–Crippen LogP) is 0.882. The summed E-state index contributed by atoms with van der Waals surface area (Å²) in [6, 6.07) is 0. The molecule has 3 aliphatic rings. The highest BCUT2D eigenvalue weighted by Gasteiger charge is 2.60. The highest BCUT2D eigenvalue weighted by molar-refractivity contribution is 6.06. The van der Waals surface area contributed by atoms with E-state index in [1.54, 1.807) is 0 Å². The first-order valence-corrected chi connectivity index (χ1v) is 6.66. The Morgan fingerprint density at radius 2 is 1.72 bits per heavy atom. The number of fused-ring (bicyclic) bond motifs is 5. The Balaban J connectivity index is 1.69. The molecule has 98 valence electrons. The van der Waals surface area contributed by atoms with Crippen molar-refractivity contribution in [3.8, 4) is 0 Å². The fourth-order valence-electron chi connectivity index (χ4n) is 4.08. The second-order valence-electron chi connectivity index (χ2n) is 5.71. The van der Waals surface area contributed by atoms with Gasteiger partial charge < -0.3 is 5.11 Å². The molecule has 0 radical (unpaired) electrons. The molecule has 2 saturated carbocycles. The van der Waals surface area contributed by atoms with Crippen LogP contribution < -0.4 is 0 Å².